The molecule has 0 saturated heterocycles. The third-order valence-electron chi connectivity index (χ3n) is 8.17. The lowest BCUT2D eigenvalue weighted by Crippen LogP contribution is -2.13. The van der Waals surface area contributed by atoms with Crippen molar-refractivity contribution in [2.75, 3.05) is 6.61 Å². The fourth-order valence-corrected chi connectivity index (χ4v) is 5.76. The van der Waals surface area contributed by atoms with E-state index in [1.807, 2.05) is 6.20 Å². The van der Waals surface area contributed by atoms with Crippen LogP contribution in [-0.4, -0.2) is 11.6 Å². The highest BCUT2D eigenvalue weighted by Crippen LogP contribution is 2.38. The van der Waals surface area contributed by atoms with Crippen molar-refractivity contribution in [1.29, 1.82) is 0 Å². The second-order valence-electron chi connectivity index (χ2n) is 11.7. The molecule has 1 saturated carbocycles. The monoisotopic (exact) mass is 491 g/mol. The third kappa shape index (κ3) is 10.7. The van der Waals surface area contributed by atoms with Gasteiger partial charge in [-0.05, 0) is 67.6 Å². The molecule has 2 nitrogen and oxygen atoms in total. The summed E-state index contributed by atoms with van der Waals surface area (Å²) in [7, 11) is 0. The summed E-state index contributed by atoms with van der Waals surface area (Å²) in [6, 6.07) is 13.4. The van der Waals surface area contributed by atoms with Crippen LogP contribution in [0.5, 0.6) is 5.75 Å². The minimum absolute atomic E-state index is 0.743. The van der Waals surface area contributed by atoms with Crippen LogP contribution in [0.1, 0.15) is 135 Å². The molecule has 0 atom stereocenters. The van der Waals surface area contributed by atoms with Crippen molar-refractivity contribution in [2.45, 2.75) is 129 Å². The van der Waals surface area contributed by atoms with Crippen molar-refractivity contribution in [3.05, 3.63) is 48.2 Å². The summed E-state index contributed by atoms with van der Waals surface area (Å²) in [6.45, 7) is 7.72. The number of hydrogen-bond donors (Lipinski definition) is 0. The number of ether oxygens (including phenoxy) is 1. The summed E-state index contributed by atoms with van der Waals surface area (Å²) >= 11 is 0. The van der Waals surface area contributed by atoms with Gasteiger partial charge in [0.2, 0.25) is 0 Å². The van der Waals surface area contributed by atoms with Gasteiger partial charge in [0.1, 0.15) is 5.75 Å². The zero-order chi connectivity index (χ0) is 25.4. The molecule has 1 aromatic heterocycles. The molecule has 0 aliphatic heterocycles. The Balaban J connectivity index is 1.33. The molecular weight excluding hydrogens is 438 g/mol. The number of unbranched alkanes of at least 4 members (excludes halogenated alkanes) is 8. The van der Waals surface area contributed by atoms with Crippen molar-refractivity contribution in [2.24, 2.45) is 11.8 Å². The van der Waals surface area contributed by atoms with Gasteiger partial charge in [-0.3, -0.25) is 4.98 Å². The van der Waals surface area contributed by atoms with Crippen LogP contribution in [0.2, 0.25) is 0 Å². The highest BCUT2D eigenvalue weighted by Gasteiger charge is 2.22. The van der Waals surface area contributed by atoms with E-state index in [1.165, 1.54) is 107 Å². The molecule has 2 aromatic rings. The van der Waals surface area contributed by atoms with E-state index in [9.17, 15) is 0 Å². The Hall–Kier alpha value is -1.83. The Morgan fingerprint density at radius 3 is 2.17 bits per heavy atom. The van der Waals surface area contributed by atoms with Crippen molar-refractivity contribution in [3.63, 3.8) is 0 Å². The Morgan fingerprint density at radius 1 is 0.778 bits per heavy atom. The van der Waals surface area contributed by atoms with Gasteiger partial charge in [0.15, 0.2) is 0 Å². The summed E-state index contributed by atoms with van der Waals surface area (Å²) in [5, 5.41) is 0. The number of hydrogen-bond acceptors (Lipinski definition) is 2. The van der Waals surface area contributed by atoms with Gasteiger partial charge in [0.25, 0.3) is 0 Å². The van der Waals surface area contributed by atoms with Gasteiger partial charge < -0.3 is 4.74 Å². The van der Waals surface area contributed by atoms with Crippen LogP contribution in [0, 0.1) is 11.8 Å². The minimum Gasteiger partial charge on any atom is -0.492 e. The summed E-state index contributed by atoms with van der Waals surface area (Å²) < 4.78 is 5.88. The van der Waals surface area contributed by atoms with Gasteiger partial charge in [-0.2, -0.15) is 0 Å². The first-order valence-corrected chi connectivity index (χ1v) is 15.3. The topological polar surface area (TPSA) is 22.1 Å². The highest BCUT2D eigenvalue weighted by atomic mass is 16.5. The predicted molar refractivity (Wildman–Crippen MR) is 156 cm³/mol. The van der Waals surface area contributed by atoms with Crippen LogP contribution >= 0.6 is 0 Å². The third-order valence-corrected chi connectivity index (χ3v) is 8.17. The second-order valence-corrected chi connectivity index (χ2v) is 11.7. The average Bonchev–Trinajstić information content (AvgIpc) is 2.91. The van der Waals surface area contributed by atoms with E-state index < -0.39 is 0 Å². The van der Waals surface area contributed by atoms with Crippen molar-refractivity contribution in [3.8, 4) is 17.0 Å². The minimum atomic E-state index is 0.743. The highest BCUT2D eigenvalue weighted by molar-refractivity contribution is 5.60. The van der Waals surface area contributed by atoms with Crippen LogP contribution in [0.15, 0.2) is 42.6 Å². The first-order chi connectivity index (χ1) is 17.7. The van der Waals surface area contributed by atoms with Gasteiger partial charge in [-0.15, -0.1) is 0 Å². The molecule has 0 spiro atoms. The van der Waals surface area contributed by atoms with Crippen LogP contribution < -0.4 is 4.74 Å². The first kappa shape index (κ1) is 28.7. The molecule has 2 heteroatoms. The van der Waals surface area contributed by atoms with Crippen molar-refractivity contribution >= 4 is 0 Å². The molecule has 0 bridgehead atoms. The van der Waals surface area contributed by atoms with Gasteiger partial charge in [-0.25, -0.2) is 0 Å². The molecule has 1 aromatic carbocycles. The van der Waals surface area contributed by atoms with E-state index >= 15 is 0 Å². The SMILES string of the molecule is CCCCCCCOc1ccc(-c2ccc(C3CCC(CCCCCCCC(C)C)CC3)cc2)nc1. The van der Waals surface area contributed by atoms with E-state index in [4.69, 9.17) is 4.74 Å². The fraction of sp³-hybridized carbons (Fsp3) is 0.676. The number of nitrogens with zero attached hydrogens (tertiary/aromatic N) is 1. The Morgan fingerprint density at radius 2 is 1.47 bits per heavy atom. The number of benzene rings is 1. The lowest BCUT2D eigenvalue weighted by molar-refractivity contribution is 0.301. The molecule has 3 rings (SSSR count). The molecule has 0 amide bonds. The van der Waals surface area contributed by atoms with Crippen LogP contribution in [0.25, 0.3) is 11.3 Å². The van der Waals surface area contributed by atoms with E-state index in [1.54, 1.807) is 0 Å². The van der Waals surface area contributed by atoms with E-state index in [0.29, 0.717) is 0 Å². The lowest BCUT2D eigenvalue weighted by Gasteiger charge is -2.29. The molecule has 1 aliphatic rings. The molecule has 200 valence electrons. The maximum absolute atomic E-state index is 5.88. The standard InChI is InChI=1S/C34H53NO/c1-4-5-6-10-13-26-36-33-24-25-34(35-27-33)32-22-20-31(21-23-32)30-18-16-29(17-19-30)15-12-9-7-8-11-14-28(2)3/h20-25,27-30H,4-19,26H2,1-3H3. The van der Waals surface area contributed by atoms with Gasteiger partial charge >= 0.3 is 0 Å². The first-order valence-electron chi connectivity index (χ1n) is 15.3. The second kappa shape index (κ2) is 16.8. The van der Waals surface area contributed by atoms with E-state index in [2.05, 4.69) is 62.2 Å². The molecule has 0 N–H and O–H groups in total. The predicted octanol–water partition coefficient (Wildman–Crippen LogP) is 10.8. The van der Waals surface area contributed by atoms with Crippen molar-refractivity contribution in [1.82, 2.24) is 4.98 Å². The van der Waals surface area contributed by atoms with E-state index in [-0.39, 0.29) is 0 Å². The normalized spacial score (nSPS) is 18.0. The van der Waals surface area contributed by atoms with Crippen LogP contribution in [-0.2, 0) is 0 Å². The zero-order valence-corrected chi connectivity index (χ0v) is 23.6. The van der Waals surface area contributed by atoms with E-state index in [0.717, 1.165) is 42.2 Å². The molecule has 1 heterocycles. The molecule has 0 radical (unpaired) electrons. The maximum atomic E-state index is 5.88. The van der Waals surface area contributed by atoms with Gasteiger partial charge in [0.05, 0.1) is 18.5 Å². The van der Waals surface area contributed by atoms with Crippen LogP contribution in [0.3, 0.4) is 0 Å². The molecule has 0 unspecified atom stereocenters. The summed E-state index contributed by atoms with van der Waals surface area (Å²) in [4.78, 5) is 4.66. The average molecular weight is 492 g/mol. The zero-order valence-electron chi connectivity index (χ0n) is 23.6. The molecule has 1 fully saturated rings. The quantitative estimate of drug-likeness (QED) is 0.205. The Kier molecular flexibility index (Phi) is 13.4. The van der Waals surface area contributed by atoms with Crippen LogP contribution in [0.4, 0.5) is 0 Å². The fourth-order valence-electron chi connectivity index (χ4n) is 5.76. The summed E-state index contributed by atoms with van der Waals surface area (Å²) in [5.41, 5.74) is 3.75. The smallest absolute Gasteiger partial charge is 0.137 e. The maximum Gasteiger partial charge on any atom is 0.137 e. The molecular formula is C34H53NO. The number of aromatic nitrogens is 1. The summed E-state index contributed by atoms with van der Waals surface area (Å²) in [5.74, 6) is 3.47. The Bertz CT molecular complexity index is 802. The number of pyridine rings is 1. The van der Waals surface area contributed by atoms with Gasteiger partial charge in [0, 0.05) is 5.56 Å². The van der Waals surface area contributed by atoms with Gasteiger partial charge in [-0.1, -0.05) is 116 Å². The summed E-state index contributed by atoms with van der Waals surface area (Å²) in [6.07, 6.45) is 23.8. The lowest BCUT2D eigenvalue weighted by atomic mass is 9.77. The number of rotatable bonds is 17. The Labute approximate surface area is 222 Å². The largest absolute Gasteiger partial charge is 0.492 e. The molecule has 1 aliphatic carbocycles. The molecule has 36 heavy (non-hydrogen) atoms. The van der Waals surface area contributed by atoms with Crippen molar-refractivity contribution < 1.29 is 4.74 Å².